The molecule has 0 fully saturated rings. The summed E-state index contributed by atoms with van der Waals surface area (Å²) in [6, 6.07) is 17.0. The van der Waals surface area contributed by atoms with E-state index in [0.717, 1.165) is 33.3 Å². The van der Waals surface area contributed by atoms with Crippen LogP contribution in [0.25, 0.3) is 0 Å². The number of hydrogen-bond donors (Lipinski definition) is 0. The molecule has 23 heavy (non-hydrogen) atoms. The number of fused-ring (bicyclic) bond motifs is 1. The van der Waals surface area contributed by atoms with E-state index in [1.807, 2.05) is 6.07 Å². The number of para-hydroxylation sites is 1. The molecule has 0 spiro atoms. The Hall–Kier alpha value is -1.32. The number of halogens is 2. The lowest BCUT2D eigenvalue weighted by Gasteiger charge is -2.41. The van der Waals surface area contributed by atoms with Crippen LogP contribution in [0.15, 0.2) is 74.9 Å². The molecule has 2 aromatic rings. The molecule has 0 N–H and O–H groups in total. The molecule has 0 saturated heterocycles. The van der Waals surface area contributed by atoms with E-state index in [0.29, 0.717) is 0 Å². The van der Waals surface area contributed by atoms with E-state index in [2.05, 4.69) is 87.3 Å². The van der Waals surface area contributed by atoms with Crippen molar-refractivity contribution in [3.63, 3.8) is 0 Å². The summed E-state index contributed by atoms with van der Waals surface area (Å²) in [4.78, 5) is 0. The fraction of sp³-hybridized carbons (Fsp3) is 0.200. The van der Waals surface area contributed by atoms with Gasteiger partial charge in [-0.15, -0.1) is 0 Å². The predicted octanol–water partition coefficient (Wildman–Crippen LogP) is 6.47. The maximum Gasteiger partial charge on any atom is 0.145 e. The smallest absolute Gasteiger partial charge is 0.145 e. The number of allylic oxidation sites excluding steroid dienone is 4. The van der Waals surface area contributed by atoms with Gasteiger partial charge in [0.2, 0.25) is 0 Å². The first kappa shape index (κ1) is 15.2. The second-order valence-electron chi connectivity index (χ2n) is 6.10. The van der Waals surface area contributed by atoms with E-state index < -0.39 is 0 Å². The Kier molecular flexibility index (Phi) is 3.73. The molecule has 0 bridgehead atoms. The first-order valence-corrected chi connectivity index (χ1v) is 9.33. The van der Waals surface area contributed by atoms with Gasteiger partial charge in [0, 0.05) is 22.0 Å². The minimum atomic E-state index is -0.232. The molecule has 2 aromatic carbocycles. The van der Waals surface area contributed by atoms with Crippen LogP contribution in [0, 0.1) is 0 Å². The summed E-state index contributed by atoms with van der Waals surface area (Å²) >= 11 is 7.45. The van der Waals surface area contributed by atoms with Gasteiger partial charge in [0.25, 0.3) is 0 Å². The van der Waals surface area contributed by atoms with Crippen molar-refractivity contribution in [2.24, 2.45) is 0 Å². The molecule has 1 aliphatic carbocycles. The van der Waals surface area contributed by atoms with Crippen LogP contribution < -0.4 is 4.74 Å². The summed E-state index contributed by atoms with van der Waals surface area (Å²) in [5.74, 6) is 2.02. The Morgan fingerprint density at radius 1 is 1.00 bits per heavy atom. The summed E-state index contributed by atoms with van der Waals surface area (Å²) < 4.78 is 8.47. The van der Waals surface area contributed by atoms with Crippen molar-refractivity contribution in [1.82, 2.24) is 0 Å². The van der Waals surface area contributed by atoms with Crippen LogP contribution in [-0.2, 0) is 5.41 Å². The first-order chi connectivity index (χ1) is 11.1. The van der Waals surface area contributed by atoms with Crippen LogP contribution in [0.4, 0.5) is 0 Å². The molecule has 1 unspecified atom stereocenters. The first-order valence-electron chi connectivity index (χ1n) is 7.74. The second kappa shape index (κ2) is 5.64. The molecule has 116 valence electrons. The van der Waals surface area contributed by atoms with Gasteiger partial charge >= 0.3 is 0 Å². The zero-order valence-corrected chi connectivity index (χ0v) is 15.9. The Bertz CT molecular complexity index is 836. The highest BCUT2D eigenvalue weighted by Gasteiger charge is 2.43. The van der Waals surface area contributed by atoms with Crippen molar-refractivity contribution in [2.45, 2.75) is 25.2 Å². The van der Waals surface area contributed by atoms with Crippen molar-refractivity contribution in [1.29, 1.82) is 0 Å². The van der Waals surface area contributed by atoms with Crippen LogP contribution in [0.2, 0.25) is 0 Å². The zero-order chi connectivity index (χ0) is 16.0. The van der Waals surface area contributed by atoms with Crippen molar-refractivity contribution < 1.29 is 4.74 Å². The van der Waals surface area contributed by atoms with Crippen LogP contribution in [0.3, 0.4) is 0 Å². The maximum absolute atomic E-state index is 6.32. The van der Waals surface area contributed by atoms with Gasteiger partial charge < -0.3 is 4.74 Å². The summed E-state index contributed by atoms with van der Waals surface area (Å²) in [6.07, 6.45) is 4.20. The van der Waals surface area contributed by atoms with Crippen molar-refractivity contribution >= 4 is 31.9 Å². The Balaban J connectivity index is 2.06. The molecule has 1 aliphatic heterocycles. The van der Waals surface area contributed by atoms with Gasteiger partial charge in [-0.3, -0.25) is 0 Å². The summed E-state index contributed by atoms with van der Waals surface area (Å²) in [6.45, 7) is 2.30. The number of hydrogen-bond acceptors (Lipinski definition) is 1. The molecule has 4 rings (SSSR count). The van der Waals surface area contributed by atoms with E-state index in [9.17, 15) is 0 Å². The van der Waals surface area contributed by atoms with Gasteiger partial charge in [-0.05, 0) is 40.9 Å². The average Bonchev–Trinajstić information content (AvgIpc) is 2.57. The lowest BCUT2D eigenvalue weighted by Crippen LogP contribution is -2.33. The topological polar surface area (TPSA) is 9.23 Å². The van der Waals surface area contributed by atoms with Crippen LogP contribution >= 0.6 is 31.9 Å². The lowest BCUT2D eigenvalue weighted by atomic mass is 9.67. The van der Waals surface area contributed by atoms with E-state index in [4.69, 9.17) is 4.74 Å². The van der Waals surface area contributed by atoms with Crippen molar-refractivity contribution in [3.05, 3.63) is 86.0 Å². The highest BCUT2D eigenvalue weighted by atomic mass is 79.9. The molecular formula is C20H16Br2O. The molecule has 1 heterocycles. The quantitative estimate of drug-likeness (QED) is 0.502. The van der Waals surface area contributed by atoms with Gasteiger partial charge in [-0.25, -0.2) is 0 Å². The van der Waals surface area contributed by atoms with E-state index in [-0.39, 0.29) is 5.41 Å². The third-order valence-electron chi connectivity index (χ3n) is 4.79. The van der Waals surface area contributed by atoms with Crippen molar-refractivity contribution in [2.75, 3.05) is 0 Å². The monoisotopic (exact) mass is 430 g/mol. The standard InChI is InChI=1S/C20H16Br2O/c1-20(13-7-3-2-4-8-13)14-9-5-11-16(22)19(14)23-17-12-6-10-15(21)18(17)20/h2-5,7-11H,6,12H2,1H3. The van der Waals surface area contributed by atoms with E-state index in [1.54, 1.807) is 0 Å². The minimum Gasteiger partial charge on any atom is -0.460 e. The van der Waals surface area contributed by atoms with E-state index >= 15 is 0 Å². The fourth-order valence-corrected chi connectivity index (χ4v) is 4.94. The minimum absolute atomic E-state index is 0.232. The van der Waals surface area contributed by atoms with E-state index in [1.165, 1.54) is 16.7 Å². The molecule has 0 saturated carbocycles. The Labute approximate surface area is 153 Å². The Morgan fingerprint density at radius 3 is 2.57 bits per heavy atom. The van der Waals surface area contributed by atoms with Gasteiger partial charge in [-0.2, -0.15) is 0 Å². The van der Waals surface area contributed by atoms with Gasteiger partial charge in [0.15, 0.2) is 0 Å². The highest BCUT2D eigenvalue weighted by Crippen LogP contribution is 2.54. The van der Waals surface area contributed by atoms with Crippen molar-refractivity contribution in [3.8, 4) is 5.75 Å². The molecule has 0 radical (unpaired) electrons. The number of benzene rings is 2. The fourth-order valence-electron chi connectivity index (χ4n) is 3.65. The molecule has 3 heteroatoms. The van der Waals surface area contributed by atoms with Crippen LogP contribution in [0.1, 0.15) is 30.9 Å². The third kappa shape index (κ3) is 2.25. The molecule has 0 amide bonds. The summed E-state index contributed by atoms with van der Waals surface area (Å²) in [7, 11) is 0. The Morgan fingerprint density at radius 2 is 1.78 bits per heavy atom. The molecule has 0 aromatic heterocycles. The highest BCUT2D eigenvalue weighted by molar-refractivity contribution is 9.12. The number of ether oxygens (including phenoxy) is 1. The molecule has 1 atom stereocenters. The summed E-state index contributed by atoms with van der Waals surface area (Å²) in [5, 5.41) is 0. The zero-order valence-electron chi connectivity index (χ0n) is 12.8. The molecule has 2 aliphatic rings. The number of rotatable bonds is 1. The SMILES string of the molecule is CC1(c2ccccc2)C2=C(CCC=C2Br)Oc2c(Br)cccc21. The lowest BCUT2D eigenvalue weighted by molar-refractivity contribution is 0.355. The molecule has 1 nitrogen and oxygen atoms in total. The normalized spacial score (nSPS) is 22.8. The van der Waals surface area contributed by atoms with Gasteiger partial charge in [-0.1, -0.05) is 64.5 Å². The average molecular weight is 432 g/mol. The van der Waals surface area contributed by atoms with Crippen LogP contribution in [-0.4, -0.2) is 0 Å². The molecular weight excluding hydrogens is 416 g/mol. The van der Waals surface area contributed by atoms with Gasteiger partial charge in [0.05, 0.1) is 9.89 Å². The van der Waals surface area contributed by atoms with Gasteiger partial charge in [0.1, 0.15) is 11.5 Å². The largest absolute Gasteiger partial charge is 0.460 e. The summed E-state index contributed by atoms with van der Waals surface area (Å²) in [5.41, 5.74) is 3.50. The predicted molar refractivity (Wildman–Crippen MR) is 101 cm³/mol. The second-order valence-corrected chi connectivity index (χ2v) is 7.81. The van der Waals surface area contributed by atoms with Crippen LogP contribution in [0.5, 0.6) is 5.75 Å². The maximum atomic E-state index is 6.32. The third-order valence-corrected chi connectivity index (χ3v) is 6.14.